The van der Waals surface area contributed by atoms with Crippen LogP contribution in [0, 0.1) is 0 Å². The van der Waals surface area contributed by atoms with Crippen molar-refractivity contribution in [1.29, 1.82) is 0 Å². The second-order valence-electron chi connectivity index (χ2n) is 4.10. The zero-order chi connectivity index (χ0) is 14.3. The van der Waals surface area contributed by atoms with Crippen molar-refractivity contribution < 1.29 is 35.7 Å². The molecule has 0 fully saturated rings. The van der Waals surface area contributed by atoms with Gasteiger partial charge in [0.15, 0.2) is 21.0 Å². The molecule has 0 aromatic carbocycles. The number of rotatable bonds is 4. The van der Waals surface area contributed by atoms with Crippen LogP contribution in [-0.4, -0.2) is 41.6 Å². The largest absolute Gasteiger partial charge is 0.473 e. The Morgan fingerprint density at radius 1 is 1.26 bits per heavy atom. The first-order valence-corrected chi connectivity index (χ1v) is 10.1. The van der Waals surface area contributed by atoms with E-state index in [9.17, 15) is 26.6 Å². The predicted molar refractivity (Wildman–Crippen MR) is 67.2 cm³/mol. The molecule has 0 aliphatic carbocycles. The summed E-state index contributed by atoms with van der Waals surface area (Å²) in [6, 6.07) is 0. The third-order valence-electron chi connectivity index (χ3n) is 2.34. The standard InChI is InChI=1S/C8H11O8PS2/c9-17(10,15-7-1-3-18(11,12)5-7)16-8-2-4-19(13,14)6-8/h1-4,7-8H,5-6H2,(H-,9,10,11,12)/p+1/t7-,8-/m1/s1. The van der Waals surface area contributed by atoms with Gasteiger partial charge in [-0.2, -0.15) is 4.55 Å². The summed E-state index contributed by atoms with van der Waals surface area (Å²) in [6.45, 7) is 0. The first kappa shape index (κ1) is 15.0. The zero-order valence-electron chi connectivity index (χ0n) is 9.49. The molecule has 108 valence electrons. The number of phosphoric ester groups is 1. The van der Waals surface area contributed by atoms with Crippen molar-refractivity contribution in [2.75, 3.05) is 11.5 Å². The second kappa shape index (κ2) is 4.88. The van der Waals surface area contributed by atoms with Crippen LogP contribution in [0.5, 0.6) is 0 Å². The Labute approximate surface area is 110 Å². The Morgan fingerprint density at radius 2 is 1.89 bits per heavy atom. The molecule has 2 heterocycles. The summed E-state index contributed by atoms with van der Waals surface area (Å²) in [6.07, 6.45) is 0.247. The molecule has 2 N–H and O–H groups in total. The fraction of sp³-hybridized carbons (Fsp3) is 0.500. The molecule has 2 aliphatic heterocycles. The van der Waals surface area contributed by atoms with E-state index >= 15 is 0 Å². The Balaban J connectivity index is 1.94. The van der Waals surface area contributed by atoms with E-state index in [1.165, 1.54) is 6.08 Å². The molecule has 8 nitrogen and oxygen atoms in total. The second-order valence-corrected chi connectivity index (χ2v) is 9.37. The lowest BCUT2D eigenvalue weighted by Gasteiger charge is -2.16. The van der Waals surface area contributed by atoms with Gasteiger partial charge < -0.3 is 4.89 Å². The highest BCUT2D eigenvalue weighted by atomic mass is 32.3. The summed E-state index contributed by atoms with van der Waals surface area (Å²) >= 11 is 0. The highest BCUT2D eigenvalue weighted by Crippen LogP contribution is 2.47. The van der Waals surface area contributed by atoms with Gasteiger partial charge in [-0.1, -0.05) is 4.21 Å². The van der Waals surface area contributed by atoms with Gasteiger partial charge in [0.1, 0.15) is 12.2 Å². The number of hydrogen-bond donors (Lipinski definition) is 2. The highest BCUT2D eigenvalue weighted by molar-refractivity contribution is 8.00. The minimum atomic E-state index is -4.51. The van der Waals surface area contributed by atoms with Crippen molar-refractivity contribution in [3.8, 4) is 0 Å². The predicted octanol–water partition coefficient (Wildman–Crippen LogP) is 0.299. The van der Waals surface area contributed by atoms with Crippen molar-refractivity contribution in [3.05, 3.63) is 23.0 Å². The fourth-order valence-corrected chi connectivity index (χ4v) is 5.17. The Morgan fingerprint density at radius 3 is 2.37 bits per heavy atom. The molecule has 0 saturated carbocycles. The van der Waals surface area contributed by atoms with E-state index in [1.54, 1.807) is 0 Å². The first-order chi connectivity index (χ1) is 8.57. The zero-order valence-corrected chi connectivity index (χ0v) is 12.0. The number of phosphoric acid groups is 1. The third-order valence-corrected chi connectivity index (χ3v) is 6.17. The molecule has 11 heteroatoms. The number of sulfone groups is 1. The molecule has 0 aromatic rings. The van der Waals surface area contributed by atoms with Crippen LogP contribution >= 0.6 is 7.82 Å². The molecule has 2 rings (SSSR count). The van der Waals surface area contributed by atoms with Gasteiger partial charge in [-0.15, -0.1) is 0 Å². The normalized spacial score (nSPS) is 39.5. The number of hydrogen-bond acceptors (Lipinski definition) is 6. The van der Waals surface area contributed by atoms with E-state index in [2.05, 4.69) is 4.52 Å². The lowest BCUT2D eigenvalue weighted by Crippen LogP contribution is -2.20. The lowest BCUT2D eigenvalue weighted by molar-refractivity contribution is 0.119. The smallest absolute Gasteiger partial charge is 0.302 e. The van der Waals surface area contributed by atoms with Crippen LogP contribution in [0.4, 0.5) is 0 Å². The van der Waals surface area contributed by atoms with Gasteiger partial charge in [0, 0.05) is 11.5 Å². The van der Waals surface area contributed by atoms with E-state index in [0.29, 0.717) is 0 Å². The SMILES string of the molecule is O=P(O)(O[C@@H]1C=CS(=O)(=O)C1)O[C@@H]1C=C[S+](=O)(O)C1. The van der Waals surface area contributed by atoms with Crippen LogP contribution in [-0.2, 0) is 37.9 Å². The summed E-state index contributed by atoms with van der Waals surface area (Å²) in [4.78, 5) is 9.45. The van der Waals surface area contributed by atoms with Gasteiger partial charge >= 0.3 is 7.82 Å². The Hall–Kier alpha value is -0.350. The van der Waals surface area contributed by atoms with Crippen LogP contribution in [0.3, 0.4) is 0 Å². The maximum absolute atomic E-state index is 11.6. The van der Waals surface area contributed by atoms with Crippen molar-refractivity contribution in [1.82, 2.24) is 0 Å². The van der Waals surface area contributed by atoms with E-state index in [1.807, 2.05) is 0 Å². The molecule has 4 atom stereocenters. The van der Waals surface area contributed by atoms with Crippen LogP contribution in [0.2, 0.25) is 0 Å². The van der Waals surface area contributed by atoms with Crippen LogP contribution in [0.15, 0.2) is 23.0 Å². The molecule has 0 radical (unpaired) electrons. The topological polar surface area (TPSA) is 127 Å². The van der Waals surface area contributed by atoms with Crippen molar-refractivity contribution in [3.63, 3.8) is 0 Å². The summed E-state index contributed by atoms with van der Waals surface area (Å²) in [7, 11) is -11.1. The maximum atomic E-state index is 11.6. The van der Waals surface area contributed by atoms with Crippen LogP contribution < -0.4 is 0 Å². The molecule has 0 saturated heterocycles. The van der Waals surface area contributed by atoms with E-state index in [0.717, 1.165) is 16.9 Å². The quantitative estimate of drug-likeness (QED) is 0.556. The minimum Gasteiger partial charge on any atom is -0.302 e. The van der Waals surface area contributed by atoms with Gasteiger partial charge in [0.2, 0.25) is 10.2 Å². The summed E-state index contributed by atoms with van der Waals surface area (Å²) < 4.78 is 63.6. The Bertz CT molecular complexity index is 621. The third kappa shape index (κ3) is 4.32. The Kier molecular flexibility index (Phi) is 3.87. The van der Waals surface area contributed by atoms with Gasteiger partial charge in [-0.3, -0.25) is 9.05 Å². The summed E-state index contributed by atoms with van der Waals surface area (Å²) in [5.74, 6) is -0.766. The summed E-state index contributed by atoms with van der Waals surface area (Å²) in [5, 5.41) is 1.89. The lowest BCUT2D eigenvalue weighted by atomic mass is 10.4. The van der Waals surface area contributed by atoms with Gasteiger partial charge in [0.05, 0.1) is 5.75 Å². The van der Waals surface area contributed by atoms with Gasteiger partial charge in [0.25, 0.3) is 0 Å². The van der Waals surface area contributed by atoms with Gasteiger partial charge in [-0.25, -0.2) is 13.0 Å². The molecule has 0 aromatic heterocycles. The summed E-state index contributed by atoms with van der Waals surface area (Å²) in [5.41, 5.74) is 0. The minimum absolute atomic E-state index is 0.334. The molecule has 0 bridgehead atoms. The molecule has 2 aliphatic rings. The van der Waals surface area contributed by atoms with Crippen molar-refractivity contribution in [2.24, 2.45) is 0 Å². The first-order valence-electron chi connectivity index (χ1n) is 5.10. The van der Waals surface area contributed by atoms with Gasteiger partial charge in [-0.05, 0) is 6.08 Å². The molecule has 2 unspecified atom stereocenters. The van der Waals surface area contributed by atoms with E-state index < -0.39 is 45.8 Å². The van der Waals surface area contributed by atoms with E-state index in [-0.39, 0.29) is 5.75 Å². The highest BCUT2D eigenvalue weighted by Gasteiger charge is 2.40. The maximum Gasteiger partial charge on any atom is 0.473 e. The van der Waals surface area contributed by atoms with Crippen molar-refractivity contribution >= 4 is 27.9 Å². The molecule has 0 spiro atoms. The average Bonchev–Trinajstić information content (AvgIpc) is 2.68. The molecule has 0 amide bonds. The van der Waals surface area contributed by atoms with E-state index in [4.69, 9.17) is 4.52 Å². The van der Waals surface area contributed by atoms with Crippen molar-refractivity contribution in [2.45, 2.75) is 12.2 Å². The monoisotopic (exact) mass is 331 g/mol. The van der Waals surface area contributed by atoms with Crippen LogP contribution in [0.25, 0.3) is 0 Å². The fourth-order valence-electron chi connectivity index (χ4n) is 1.60. The molecular weight excluding hydrogens is 319 g/mol. The molecular formula is C8H12O8PS2+. The molecule has 19 heavy (non-hydrogen) atoms. The van der Waals surface area contributed by atoms with Crippen LogP contribution in [0.1, 0.15) is 0 Å². The average molecular weight is 331 g/mol.